The Hall–Kier alpha value is -3.50. The van der Waals surface area contributed by atoms with E-state index in [1.54, 1.807) is 23.1 Å². The largest absolute Gasteiger partial charge is 0.350 e. The fourth-order valence-corrected chi connectivity index (χ4v) is 2.94. The smallest absolute Gasteiger partial charge is 0.203 e. The van der Waals surface area contributed by atoms with Gasteiger partial charge < -0.3 is 10.3 Å². The number of nitrogens with one attached hydrogen (secondary N) is 3. The van der Waals surface area contributed by atoms with Crippen LogP contribution in [0.3, 0.4) is 0 Å². The summed E-state index contributed by atoms with van der Waals surface area (Å²) in [6.45, 7) is 0.513. The Balaban J connectivity index is 1.67. The van der Waals surface area contributed by atoms with E-state index in [4.69, 9.17) is 11.6 Å². The van der Waals surface area contributed by atoms with Gasteiger partial charge in [0.1, 0.15) is 5.82 Å². The second kappa shape index (κ2) is 7.86. The van der Waals surface area contributed by atoms with Crippen LogP contribution in [-0.2, 0) is 13.6 Å². The van der Waals surface area contributed by atoms with Gasteiger partial charge in [-0.1, -0.05) is 11.6 Å². The van der Waals surface area contributed by atoms with Crippen molar-refractivity contribution in [3.05, 3.63) is 64.8 Å². The molecule has 0 fully saturated rings. The molecule has 0 radical (unpaired) electrons. The van der Waals surface area contributed by atoms with E-state index in [0.29, 0.717) is 34.9 Å². The number of pyridine rings is 1. The highest BCUT2D eigenvalue weighted by atomic mass is 35.5. The topological polar surface area (TPSA) is 116 Å². The van der Waals surface area contributed by atoms with Crippen molar-refractivity contribution in [2.24, 2.45) is 12.0 Å². The summed E-state index contributed by atoms with van der Waals surface area (Å²) < 4.78 is 15.1. The molecule has 9 nitrogen and oxygen atoms in total. The van der Waals surface area contributed by atoms with Gasteiger partial charge in [0.05, 0.1) is 28.5 Å². The van der Waals surface area contributed by atoms with E-state index >= 15 is 0 Å². The second-order valence-corrected chi connectivity index (χ2v) is 6.52. The minimum absolute atomic E-state index is 0.0633. The maximum Gasteiger partial charge on any atom is 0.203 e. The maximum atomic E-state index is 13.4. The molecular formula is C18H16ClFN8O. The monoisotopic (exact) mass is 414 g/mol. The van der Waals surface area contributed by atoms with Crippen LogP contribution in [0.1, 0.15) is 11.3 Å². The number of fused-ring (bicyclic) bond motifs is 1. The van der Waals surface area contributed by atoms with E-state index in [1.807, 2.05) is 13.1 Å². The van der Waals surface area contributed by atoms with Gasteiger partial charge in [-0.3, -0.25) is 15.4 Å². The highest BCUT2D eigenvalue weighted by Crippen LogP contribution is 2.23. The minimum atomic E-state index is -0.548. The summed E-state index contributed by atoms with van der Waals surface area (Å²) in [6, 6.07) is 7.58. The first-order chi connectivity index (χ1) is 14.0. The molecule has 0 atom stereocenters. The first kappa shape index (κ1) is 18.8. The molecule has 4 aromatic rings. The van der Waals surface area contributed by atoms with Gasteiger partial charge in [0.15, 0.2) is 11.5 Å². The Morgan fingerprint density at radius 1 is 1.31 bits per heavy atom. The minimum Gasteiger partial charge on any atom is -0.350 e. The lowest BCUT2D eigenvalue weighted by Gasteiger charge is -2.06. The summed E-state index contributed by atoms with van der Waals surface area (Å²) in [5.41, 5.74) is 4.95. The number of aliphatic imine (C=N–C) groups is 1. The predicted octanol–water partition coefficient (Wildman–Crippen LogP) is 3.15. The fourth-order valence-electron chi connectivity index (χ4n) is 2.77. The van der Waals surface area contributed by atoms with Crippen LogP contribution in [0.2, 0.25) is 5.02 Å². The zero-order valence-corrected chi connectivity index (χ0v) is 15.9. The molecule has 4 N–H and O–H groups in total. The van der Waals surface area contributed by atoms with Crippen molar-refractivity contribution in [1.29, 1.82) is 0 Å². The lowest BCUT2D eigenvalue weighted by atomic mass is 10.2. The SMILES string of the molecule is Cn1nccc1CNc1nc2nccc(C(=Nc3ccc(F)c(Cl)c3)NO)c2[nH]1. The number of rotatable bonds is 5. The Kier molecular flexibility index (Phi) is 5.10. The van der Waals surface area contributed by atoms with Crippen LogP contribution >= 0.6 is 11.6 Å². The van der Waals surface area contributed by atoms with Gasteiger partial charge in [-0.25, -0.2) is 14.4 Å². The first-order valence-corrected chi connectivity index (χ1v) is 8.92. The molecule has 3 heterocycles. The maximum absolute atomic E-state index is 13.4. The van der Waals surface area contributed by atoms with Crippen LogP contribution in [0.4, 0.5) is 16.0 Å². The zero-order valence-electron chi connectivity index (χ0n) is 15.2. The Morgan fingerprint density at radius 3 is 2.90 bits per heavy atom. The van der Waals surface area contributed by atoms with Crippen LogP contribution in [0, 0.1) is 5.82 Å². The van der Waals surface area contributed by atoms with E-state index in [-0.39, 0.29) is 10.9 Å². The number of hydroxylamine groups is 1. The van der Waals surface area contributed by atoms with E-state index < -0.39 is 5.82 Å². The number of benzene rings is 1. The number of nitrogens with zero attached hydrogens (tertiary/aromatic N) is 5. The fraction of sp³-hybridized carbons (Fsp3) is 0.111. The summed E-state index contributed by atoms with van der Waals surface area (Å²) >= 11 is 5.81. The molecule has 0 aliphatic heterocycles. The lowest BCUT2D eigenvalue weighted by Crippen LogP contribution is -2.20. The van der Waals surface area contributed by atoms with Gasteiger partial charge in [-0.05, 0) is 30.3 Å². The number of hydrogen-bond donors (Lipinski definition) is 4. The number of aryl methyl sites for hydroxylation is 1. The molecule has 0 bridgehead atoms. The van der Waals surface area contributed by atoms with Crippen LogP contribution in [0.15, 0.2) is 47.7 Å². The molecule has 0 aliphatic rings. The third kappa shape index (κ3) is 3.89. The van der Waals surface area contributed by atoms with Crippen LogP contribution in [-0.4, -0.2) is 35.8 Å². The molecule has 0 saturated heterocycles. The van der Waals surface area contributed by atoms with E-state index in [1.165, 1.54) is 18.2 Å². The number of imidazole rings is 1. The molecule has 0 saturated carbocycles. The number of H-pyrrole nitrogens is 1. The summed E-state index contributed by atoms with van der Waals surface area (Å²) in [5, 5.41) is 16.9. The molecular weight excluding hydrogens is 399 g/mol. The molecule has 0 spiro atoms. The van der Waals surface area contributed by atoms with Crippen LogP contribution in [0.5, 0.6) is 0 Å². The molecule has 3 aromatic heterocycles. The van der Waals surface area contributed by atoms with Gasteiger partial charge in [0.2, 0.25) is 5.95 Å². The standard InChI is InChI=1S/C18H16ClFN8O/c1-28-11(4-7-23-28)9-22-18-25-15-12(5-6-21-17(15)26-18)16(27-29)24-10-2-3-14(20)13(19)8-10/h2-8,29H,9H2,1H3,(H,24,27)(H2,21,22,25,26). The van der Waals surface area contributed by atoms with Gasteiger partial charge in [-0.15, -0.1) is 0 Å². The number of halogens is 2. The Morgan fingerprint density at radius 2 is 2.17 bits per heavy atom. The molecule has 4 rings (SSSR count). The average Bonchev–Trinajstić information content (AvgIpc) is 3.32. The second-order valence-electron chi connectivity index (χ2n) is 6.11. The van der Waals surface area contributed by atoms with Crippen LogP contribution < -0.4 is 10.8 Å². The van der Waals surface area contributed by atoms with Gasteiger partial charge in [-0.2, -0.15) is 10.1 Å². The summed E-state index contributed by atoms with van der Waals surface area (Å²) in [5.74, 6) is 0.0818. The number of amidine groups is 1. The van der Waals surface area contributed by atoms with Crippen molar-refractivity contribution >= 4 is 40.2 Å². The van der Waals surface area contributed by atoms with E-state index in [9.17, 15) is 9.60 Å². The Labute approximate surface area is 169 Å². The van der Waals surface area contributed by atoms with Crippen molar-refractivity contribution < 1.29 is 9.60 Å². The van der Waals surface area contributed by atoms with Crippen molar-refractivity contribution in [1.82, 2.24) is 30.2 Å². The molecule has 0 amide bonds. The summed E-state index contributed by atoms with van der Waals surface area (Å²) in [6.07, 6.45) is 3.26. The zero-order chi connectivity index (χ0) is 20.4. The molecule has 29 heavy (non-hydrogen) atoms. The van der Waals surface area contributed by atoms with Crippen molar-refractivity contribution in [2.75, 3.05) is 5.32 Å². The van der Waals surface area contributed by atoms with E-state index in [2.05, 4.69) is 35.8 Å². The number of anilines is 1. The summed E-state index contributed by atoms with van der Waals surface area (Å²) in [4.78, 5) is 16.1. The average molecular weight is 415 g/mol. The highest BCUT2D eigenvalue weighted by molar-refractivity contribution is 6.31. The van der Waals surface area contributed by atoms with Crippen molar-refractivity contribution in [3.8, 4) is 0 Å². The number of aromatic amines is 1. The molecule has 148 valence electrons. The Bertz CT molecular complexity index is 1200. The van der Waals surface area contributed by atoms with Gasteiger partial charge >= 0.3 is 0 Å². The third-order valence-corrected chi connectivity index (χ3v) is 4.55. The first-order valence-electron chi connectivity index (χ1n) is 8.55. The number of hydrogen-bond acceptors (Lipinski definition) is 6. The third-order valence-electron chi connectivity index (χ3n) is 4.26. The molecule has 0 aliphatic carbocycles. The van der Waals surface area contributed by atoms with Crippen LogP contribution in [0.25, 0.3) is 11.2 Å². The predicted molar refractivity (Wildman–Crippen MR) is 107 cm³/mol. The molecule has 11 heteroatoms. The van der Waals surface area contributed by atoms with Gasteiger partial charge in [0.25, 0.3) is 0 Å². The van der Waals surface area contributed by atoms with Crippen molar-refractivity contribution in [2.45, 2.75) is 6.54 Å². The molecule has 1 aromatic carbocycles. The number of aromatic nitrogens is 5. The molecule has 0 unspecified atom stereocenters. The van der Waals surface area contributed by atoms with Crippen molar-refractivity contribution in [3.63, 3.8) is 0 Å². The quantitative estimate of drug-likeness (QED) is 0.226. The van der Waals surface area contributed by atoms with Gasteiger partial charge in [0, 0.05) is 25.0 Å². The normalized spacial score (nSPS) is 11.8. The highest BCUT2D eigenvalue weighted by Gasteiger charge is 2.14. The van der Waals surface area contributed by atoms with E-state index in [0.717, 1.165) is 5.69 Å². The summed E-state index contributed by atoms with van der Waals surface area (Å²) in [7, 11) is 1.85. The lowest BCUT2D eigenvalue weighted by molar-refractivity contribution is 0.235.